The molecule has 0 saturated carbocycles. The van der Waals surface area contributed by atoms with Gasteiger partial charge >= 0.3 is 0 Å². The van der Waals surface area contributed by atoms with Gasteiger partial charge in [0.1, 0.15) is 10.7 Å². The lowest BCUT2D eigenvalue weighted by molar-refractivity contribution is 0.258. The zero-order valence-corrected chi connectivity index (χ0v) is 17.2. The van der Waals surface area contributed by atoms with Crippen molar-refractivity contribution < 1.29 is 12.8 Å². The van der Waals surface area contributed by atoms with Gasteiger partial charge in [0.15, 0.2) is 5.13 Å². The van der Waals surface area contributed by atoms with Gasteiger partial charge < -0.3 is 10.2 Å². The van der Waals surface area contributed by atoms with Gasteiger partial charge in [0.25, 0.3) is 10.0 Å². The number of halogens is 2. The van der Waals surface area contributed by atoms with Crippen molar-refractivity contribution in [2.45, 2.75) is 29.8 Å². The maximum absolute atomic E-state index is 14.6. The average Bonchev–Trinajstić information content (AvgIpc) is 3.10. The molecule has 1 aliphatic rings. The van der Waals surface area contributed by atoms with Crippen LogP contribution in [0.1, 0.15) is 12.8 Å². The monoisotopic (exact) mass is 430 g/mol. The Kier molecular flexibility index (Phi) is 6.05. The van der Waals surface area contributed by atoms with Crippen LogP contribution >= 0.6 is 22.9 Å². The number of rotatable bonds is 6. The molecular weight excluding hydrogens is 411 g/mol. The molecule has 6 nitrogen and oxygen atoms in total. The molecule has 0 fully saturated rings. The number of nitrogens with zero attached hydrogens (tertiary/aromatic N) is 2. The van der Waals surface area contributed by atoms with Crippen molar-refractivity contribution in [3.63, 3.8) is 0 Å². The number of benzene rings is 1. The van der Waals surface area contributed by atoms with Gasteiger partial charge in [-0.25, -0.2) is 17.8 Å². The third-order valence-electron chi connectivity index (χ3n) is 4.37. The van der Waals surface area contributed by atoms with Gasteiger partial charge in [0, 0.05) is 23.7 Å². The van der Waals surface area contributed by atoms with Crippen LogP contribution in [0.25, 0.3) is 0 Å². The summed E-state index contributed by atoms with van der Waals surface area (Å²) in [6, 6.07) is 2.52. The zero-order chi connectivity index (χ0) is 19.6. The molecule has 146 valence electrons. The largest absolute Gasteiger partial charge is 0.379 e. The molecule has 1 aromatic heterocycles. The summed E-state index contributed by atoms with van der Waals surface area (Å²) in [5.74, 6) is -0.876. The lowest BCUT2D eigenvalue weighted by Gasteiger charge is -2.35. The lowest BCUT2D eigenvalue weighted by Crippen LogP contribution is -2.44. The van der Waals surface area contributed by atoms with E-state index in [1.807, 2.05) is 14.1 Å². The van der Waals surface area contributed by atoms with E-state index in [9.17, 15) is 12.8 Å². The molecule has 2 atom stereocenters. The van der Waals surface area contributed by atoms with E-state index in [1.165, 1.54) is 6.20 Å². The summed E-state index contributed by atoms with van der Waals surface area (Å²) in [5, 5.41) is 5.18. The Morgan fingerprint density at radius 3 is 2.70 bits per heavy atom. The molecule has 0 amide bonds. The summed E-state index contributed by atoms with van der Waals surface area (Å²) in [6.07, 6.45) is 7.28. The van der Waals surface area contributed by atoms with Crippen LogP contribution in [0.5, 0.6) is 0 Å². The molecule has 3 rings (SSSR count). The molecule has 0 saturated heterocycles. The third kappa shape index (κ3) is 4.60. The molecule has 0 radical (unpaired) electrons. The van der Waals surface area contributed by atoms with E-state index in [1.54, 1.807) is 5.38 Å². The normalized spacial score (nSPS) is 20.0. The van der Waals surface area contributed by atoms with E-state index in [-0.39, 0.29) is 22.2 Å². The van der Waals surface area contributed by atoms with Crippen LogP contribution in [-0.2, 0) is 10.0 Å². The fraction of sp³-hybridized carbons (Fsp3) is 0.353. The van der Waals surface area contributed by atoms with Crippen LogP contribution in [-0.4, -0.2) is 44.5 Å². The first-order valence-corrected chi connectivity index (χ1v) is 11.0. The van der Waals surface area contributed by atoms with Crippen molar-refractivity contribution >= 4 is 43.8 Å². The molecule has 1 aromatic carbocycles. The van der Waals surface area contributed by atoms with Gasteiger partial charge in [-0.1, -0.05) is 23.8 Å². The number of thiazole rings is 1. The SMILES string of the molecule is CN(C)[C@H]1CC=CC[C@@H]1Nc1cc(F)c(S(=O)(=O)Nc2nccs2)cc1Cl. The van der Waals surface area contributed by atoms with Crippen LogP contribution in [0.4, 0.5) is 15.2 Å². The Balaban J connectivity index is 1.85. The molecule has 0 aliphatic heterocycles. The van der Waals surface area contributed by atoms with Gasteiger partial charge in [-0.15, -0.1) is 11.3 Å². The highest BCUT2D eigenvalue weighted by Gasteiger charge is 2.27. The summed E-state index contributed by atoms with van der Waals surface area (Å²) >= 11 is 7.37. The summed E-state index contributed by atoms with van der Waals surface area (Å²) in [7, 11) is -0.146. The van der Waals surface area contributed by atoms with Gasteiger partial charge in [-0.3, -0.25) is 4.72 Å². The van der Waals surface area contributed by atoms with E-state index >= 15 is 0 Å². The number of aromatic nitrogens is 1. The molecule has 0 bridgehead atoms. The van der Waals surface area contributed by atoms with Crippen LogP contribution < -0.4 is 10.0 Å². The second kappa shape index (κ2) is 8.14. The predicted octanol–water partition coefficient (Wildman–Crippen LogP) is 3.80. The zero-order valence-electron chi connectivity index (χ0n) is 14.8. The molecule has 2 aromatic rings. The van der Waals surface area contributed by atoms with Gasteiger partial charge in [0.2, 0.25) is 0 Å². The highest BCUT2D eigenvalue weighted by Crippen LogP contribution is 2.31. The smallest absolute Gasteiger partial charge is 0.266 e. The van der Waals surface area contributed by atoms with Crippen molar-refractivity contribution in [1.29, 1.82) is 0 Å². The first-order valence-electron chi connectivity index (χ1n) is 8.27. The standard InChI is InChI=1S/C17H20ClFN4O2S2/c1-23(2)15-6-4-3-5-13(15)21-14-10-12(19)16(9-11(14)18)27(24,25)22-17-20-7-8-26-17/h3-4,7-10,13,15,21H,5-6H2,1-2H3,(H,20,22)/t13-,15-/m0/s1. The topological polar surface area (TPSA) is 74.3 Å². The second-order valence-corrected chi connectivity index (χ2v) is 9.38. The third-order valence-corrected chi connectivity index (χ3v) is 6.85. The minimum absolute atomic E-state index is 0.0396. The molecule has 0 unspecified atom stereocenters. The number of nitrogens with one attached hydrogen (secondary N) is 2. The van der Waals surface area contributed by atoms with E-state index < -0.39 is 20.7 Å². The quantitative estimate of drug-likeness (QED) is 0.682. The Bertz CT molecular complexity index is 933. The Labute approximate surface area is 167 Å². The van der Waals surface area contributed by atoms with Crippen molar-refractivity contribution in [2.75, 3.05) is 24.1 Å². The van der Waals surface area contributed by atoms with E-state index in [4.69, 9.17) is 11.6 Å². The second-order valence-electron chi connectivity index (χ2n) is 6.43. The highest BCUT2D eigenvalue weighted by atomic mass is 35.5. The van der Waals surface area contributed by atoms with Crippen LogP contribution in [0.3, 0.4) is 0 Å². The predicted molar refractivity (Wildman–Crippen MR) is 108 cm³/mol. The number of hydrogen-bond donors (Lipinski definition) is 2. The first kappa shape index (κ1) is 20.1. The van der Waals surface area contributed by atoms with Crippen LogP contribution in [0.2, 0.25) is 5.02 Å². The number of hydrogen-bond acceptors (Lipinski definition) is 6. The summed E-state index contributed by atoms with van der Waals surface area (Å²) in [6.45, 7) is 0. The van der Waals surface area contributed by atoms with Crippen molar-refractivity contribution in [3.8, 4) is 0 Å². The first-order chi connectivity index (χ1) is 12.8. The highest BCUT2D eigenvalue weighted by molar-refractivity contribution is 7.93. The minimum Gasteiger partial charge on any atom is -0.379 e. The fourth-order valence-electron chi connectivity index (χ4n) is 3.01. The molecule has 1 heterocycles. The molecule has 1 aliphatic carbocycles. The van der Waals surface area contributed by atoms with Gasteiger partial charge in [0.05, 0.1) is 10.7 Å². The molecular formula is C17H20ClFN4O2S2. The van der Waals surface area contributed by atoms with Crippen LogP contribution in [0, 0.1) is 5.82 Å². The Hall–Kier alpha value is -1.68. The maximum atomic E-state index is 14.6. The summed E-state index contributed by atoms with van der Waals surface area (Å²) < 4.78 is 41.7. The Morgan fingerprint density at radius 2 is 2.04 bits per heavy atom. The number of anilines is 2. The fourth-order valence-corrected chi connectivity index (χ4v) is 5.17. The maximum Gasteiger partial charge on any atom is 0.266 e. The lowest BCUT2D eigenvalue weighted by atomic mass is 9.95. The number of likely N-dealkylation sites (N-methyl/N-ethyl adjacent to an activating group) is 1. The minimum atomic E-state index is -4.12. The molecule has 0 spiro atoms. The summed E-state index contributed by atoms with van der Waals surface area (Å²) in [4.78, 5) is 5.43. The molecule has 27 heavy (non-hydrogen) atoms. The van der Waals surface area contributed by atoms with Crippen molar-refractivity contribution in [2.24, 2.45) is 0 Å². The van der Waals surface area contributed by atoms with E-state index in [0.29, 0.717) is 5.69 Å². The van der Waals surface area contributed by atoms with E-state index in [2.05, 4.69) is 32.1 Å². The van der Waals surface area contributed by atoms with Crippen molar-refractivity contribution in [1.82, 2.24) is 9.88 Å². The van der Waals surface area contributed by atoms with Crippen molar-refractivity contribution in [3.05, 3.63) is 46.7 Å². The molecule has 10 heteroatoms. The van der Waals surface area contributed by atoms with Crippen LogP contribution in [0.15, 0.2) is 40.8 Å². The number of sulfonamides is 1. The Morgan fingerprint density at radius 1 is 1.30 bits per heavy atom. The molecule has 2 N–H and O–H groups in total. The van der Waals surface area contributed by atoms with Gasteiger partial charge in [-0.05, 0) is 39.1 Å². The van der Waals surface area contributed by atoms with E-state index in [0.717, 1.165) is 36.3 Å². The van der Waals surface area contributed by atoms with Gasteiger partial charge in [-0.2, -0.15) is 0 Å². The summed E-state index contributed by atoms with van der Waals surface area (Å²) in [5.41, 5.74) is 0.370. The average molecular weight is 431 g/mol.